The van der Waals surface area contributed by atoms with Crippen molar-refractivity contribution in [2.75, 3.05) is 5.32 Å². The summed E-state index contributed by atoms with van der Waals surface area (Å²) in [5.41, 5.74) is 4.40. The first-order valence-electron chi connectivity index (χ1n) is 9.86. The average molecular weight is 430 g/mol. The number of urea groups is 1. The van der Waals surface area contributed by atoms with E-state index in [0.29, 0.717) is 22.5 Å². The number of sulfonamides is 1. The van der Waals surface area contributed by atoms with Crippen LogP contribution in [0.4, 0.5) is 10.5 Å². The molecule has 0 atom stereocenters. The molecule has 2 amide bonds. The largest absolute Gasteiger partial charge is 0.356 e. The van der Waals surface area contributed by atoms with Crippen molar-refractivity contribution < 1.29 is 17.7 Å². The second kappa shape index (κ2) is 8.47. The summed E-state index contributed by atoms with van der Waals surface area (Å²) in [5, 5.41) is 7.38. The molecule has 7 nitrogen and oxygen atoms in total. The third-order valence-corrected chi connectivity index (χ3v) is 6.14. The molecule has 0 fully saturated rings. The topological polar surface area (TPSA) is 101 Å². The van der Waals surface area contributed by atoms with Crippen molar-refractivity contribution >= 4 is 32.7 Å². The summed E-state index contributed by atoms with van der Waals surface area (Å²) in [4.78, 5) is 12.6. The number of nitrogens with one attached hydrogen (secondary N) is 2. The summed E-state index contributed by atoms with van der Waals surface area (Å²) in [7, 11) is -3.90. The van der Waals surface area contributed by atoms with Gasteiger partial charge in [-0.05, 0) is 47.6 Å². The summed E-state index contributed by atoms with van der Waals surface area (Å²) in [6, 6.07) is 10.1. The van der Waals surface area contributed by atoms with E-state index in [2.05, 4.69) is 15.2 Å². The van der Waals surface area contributed by atoms with Crippen molar-refractivity contribution in [1.29, 1.82) is 0 Å². The zero-order valence-electron chi connectivity index (χ0n) is 17.8. The maximum atomic E-state index is 12.6. The first kappa shape index (κ1) is 21.8. The number of rotatable bonds is 6. The Labute approximate surface area is 176 Å². The van der Waals surface area contributed by atoms with Gasteiger partial charge in [-0.25, -0.2) is 17.9 Å². The SMILES string of the molecule is Cc1noc2ccc(CS(=O)(=O)NC(=O)Nc3c(C(C)C)cccc3C(C)C)cc12. The molecule has 8 heteroatoms. The van der Waals surface area contributed by atoms with Gasteiger partial charge in [-0.1, -0.05) is 57.1 Å². The van der Waals surface area contributed by atoms with Gasteiger partial charge in [0.1, 0.15) is 0 Å². The van der Waals surface area contributed by atoms with Crippen LogP contribution in [0.5, 0.6) is 0 Å². The fraction of sp³-hybridized carbons (Fsp3) is 0.364. The van der Waals surface area contributed by atoms with Crippen molar-refractivity contribution in [2.45, 2.75) is 52.2 Å². The lowest BCUT2D eigenvalue weighted by molar-refractivity contribution is 0.256. The summed E-state index contributed by atoms with van der Waals surface area (Å²) in [6.45, 7) is 9.91. The van der Waals surface area contributed by atoms with Gasteiger partial charge in [0.15, 0.2) is 5.58 Å². The molecule has 3 aromatic rings. The Bertz CT molecular complexity index is 1150. The van der Waals surface area contributed by atoms with E-state index in [-0.39, 0.29) is 17.6 Å². The van der Waals surface area contributed by atoms with Gasteiger partial charge in [0.25, 0.3) is 0 Å². The molecule has 0 saturated carbocycles. The number of aryl methyl sites for hydroxylation is 1. The lowest BCUT2D eigenvalue weighted by Crippen LogP contribution is -2.35. The van der Waals surface area contributed by atoms with Gasteiger partial charge in [-0.15, -0.1) is 0 Å². The Morgan fingerprint density at radius 2 is 1.70 bits per heavy atom. The number of amides is 2. The van der Waals surface area contributed by atoms with Gasteiger partial charge in [0.05, 0.1) is 11.4 Å². The van der Waals surface area contributed by atoms with Crippen molar-refractivity contribution in [3.8, 4) is 0 Å². The lowest BCUT2D eigenvalue weighted by Gasteiger charge is -2.20. The van der Waals surface area contributed by atoms with E-state index < -0.39 is 16.1 Å². The second-order valence-corrected chi connectivity index (χ2v) is 9.76. The standard InChI is InChI=1S/C22H27N3O4S/c1-13(2)17-7-6-8-18(14(3)4)21(17)23-22(26)25-30(27,28)12-16-9-10-20-19(11-16)15(5)24-29-20/h6-11,13-14H,12H2,1-5H3,(H2,23,25,26). The van der Waals surface area contributed by atoms with Gasteiger partial charge < -0.3 is 9.84 Å². The number of carbonyl (C=O) groups excluding carboxylic acids is 1. The molecule has 0 aliphatic heterocycles. The number of nitrogens with zero attached hydrogens (tertiary/aromatic N) is 1. The highest BCUT2D eigenvalue weighted by molar-refractivity contribution is 7.89. The van der Waals surface area contributed by atoms with E-state index in [1.54, 1.807) is 25.1 Å². The minimum Gasteiger partial charge on any atom is -0.356 e. The predicted octanol–water partition coefficient (Wildman–Crippen LogP) is 5.03. The quantitative estimate of drug-likeness (QED) is 0.572. The number of hydrogen-bond donors (Lipinski definition) is 2. The highest BCUT2D eigenvalue weighted by Crippen LogP contribution is 2.32. The first-order chi connectivity index (χ1) is 14.1. The maximum Gasteiger partial charge on any atom is 0.332 e. The lowest BCUT2D eigenvalue weighted by atomic mass is 9.93. The number of anilines is 1. The van der Waals surface area contributed by atoms with Gasteiger partial charge in [0.2, 0.25) is 10.0 Å². The van der Waals surface area contributed by atoms with Crippen molar-refractivity contribution in [3.05, 3.63) is 58.8 Å². The molecule has 2 N–H and O–H groups in total. The number of fused-ring (bicyclic) bond motifs is 1. The normalized spacial score (nSPS) is 12.0. The fourth-order valence-corrected chi connectivity index (χ4v) is 4.45. The third kappa shape index (κ3) is 4.81. The Morgan fingerprint density at radius 3 is 2.30 bits per heavy atom. The molecule has 0 saturated heterocycles. The van der Waals surface area contributed by atoms with Crippen LogP contribution in [0.25, 0.3) is 11.0 Å². The van der Waals surface area contributed by atoms with E-state index in [0.717, 1.165) is 16.5 Å². The minimum absolute atomic E-state index is 0.175. The first-order valence-corrected chi connectivity index (χ1v) is 11.5. The monoisotopic (exact) mass is 429 g/mol. The van der Waals surface area contributed by atoms with Crippen LogP contribution in [0, 0.1) is 6.92 Å². The van der Waals surface area contributed by atoms with Crippen molar-refractivity contribution in [3.63, 3.8) is 0 Å². The van der Waals surface area contributed by atoms with Gasteiger partial charge in [-0.2, -0.15) is 0 Å². The number of hydrogen-bond acceptors (Lipinski definition) is 5. The van der Waals surface area contributed by atoms with Gasteiger partial charge in [-0.3, -0.25) is 0 Å². The number of carbonyl (C=O) groups is 1. The summed E-state index contributed by atoms with van der Waals surface area (Å²) >= 11 is 0. The molecule has 30 heavy (non-hydrogen) atoms. The molecule has 0 aliphatic rings. The molecule has 0 unspecified atom stereocenters. The third-order valence-electron chi connectivity index (χ3n) is 4.93. The Balaban J connectivity index is 1.79. The number of aromatic nitrogens is 1. The smallest absolute Gasteiger partial charge is 0.332 e. The molecule has 1 heterocycles. The predicted molar refractivity (Wildman–Crippen MR) is 118 cm³/mol. The summed E-state index contributed by atoms with van der Waals surface area (Å²) in [6.07, 6.45) is 0. The van der Waals surface area contributed by atoms with Crippen LogP contribution in [0.15, 0.2) is 40.9 Å². The van der Waals surface area contributed by atoms with E-state index in [4.69, 9.17) is 4.52 Å². The Hall–Kier alpha value is -2.87. The average Bonchev–Trinajstić information content (AvgIpc) is 3.01. The van der Waals surface area contributed by atoms with Crippen LogP contribution in [0.1, 0.15) is 61.9 Å². The van der Waals surface area contributed by atoms with Crippen molar-refractivity contribution in [2.24, 2.45) is 0 Å². The summed E-state index contributed by atoms with van der Waals surface area (Å²) in [5.74, 6) is 0.0207. The summed E-state index contributed by atoms with van der Waals surface area (Å²) < 4.78 is 32.4. The van der Waals surface area contributed by atoms with E-state index >= 15 is 0 Å². The van der Waals surface area contributed by atoms with Crippen LogP contribution >= 0.6 is 0 Å². The molecule has 0 spiro atoms. The minimum atomic E-state index is -3.90. The number of benzene rings is 2. The Kier molecular flexibility index (Phi) is 6.17. The molecule has 0 radical (unpaired) electrons. The molecular weight excluding hydrogens is 402 g/mol. The van der Waals surface area contributed by atoms with E-state index in [1.165, 1.54) is 0 Å². The van der Waals surface area contributed by atoms with Crippen LogP contribution in [-0.2, 0) is 15.8 Å². The van der Waals surface area contributed by atoms with E-state index in [1.807, 2.05) is 45.9 Å². The van der Waals surface area contributed by atoms with Crippen molar-refractivity contribution in [1.82, 2.24) is 9.88 Å². The molecule has 160 valence electrons. The zero-order valence-corrected chi connectivity index (χ0v) is 18.6. The van der Waals surface area contributed by atoms with Gasteiger partial charge >= 0.3 is 6.03 Å². The Morgan fingerprint density at radius 1 is 1.07 bits per heavy atom. The molecular formula is C22H27N3O4S. The molecule has 1 aromatic heterocycles. The maximum absolute atomic E-state index is 12.6. The molecule has 0 aliphatic carbocycles. The van der Waals surface area contributed by atoms with Gasteiger partial charge in [0, 0.05) is 11.1 Å². The van der Waals surface area contributed by atoms with Crippen LogP contribution in [0.2, 0.25) is 0 Å². The number of para-hydroxylation sites is 1. The van der Waals surface area contributed by atoms with Crippen LogP contribution in [-0.4, -0.2) is 19.6 Å². The zero-order chi connectivity index (χ0) is 22.1. The second-order valence-electron chi connectivity index (χ2n) is 8.03. The van der Waals surface area contributed by atoms with Crippen LogP contribution in [0.3, 0.4) is 0 Å². The molecule has 0 bridgehead atoms. The van der Waals surface area contributed by atoms with Crippen LogP contribution < -0.4 is 10.0 Å². The molecule has 3 rings (SSSR count). The highest BCUT2D eigenvalue weighted by Gasteiger charge is 2.20. The van der Waals surface area contributed by atoms with E-state index in [9.17, 15) is 13.2 Å². The highest BCUT2D eigenvalue weighted by atomic mass is 32.2. The molecule has 2 aromatic carbocycles. The fourth-order valence-electron chi connectivity index (χ4n) is 3.43.